The van der Waals surface area contributed by atoms with Crippen LogP contribution >= 0.6 is 15.9 Å². The minimum absolute atomic E-state index is 0.564. The van der Waals surface area contributed by atoms with Crippen LogP contribution in [-0.4, -0.2) is 11.9 Å². The van der Waals surface area contributed by atoms with Crippen LogP contribution in [0, 0.1) is 5.92 Å². The molecule has 0 atom stereocenters. The molecule has 0 radical (unpaired) electrons. The van der Waals surface area contributed by atoms with Gasteiger partial charge in [-0.3, -0.25) is 0 Å². The molecular formula is C15H21BrO. The van der Waals surface area contributed by atoms with E-state index < -0.39 is 0 Å². The molecule has 94 valence electrons. The van der Waals surface area contributed by atoms with Crippen molar-refractivity contribution in [1.29, 1.82) is 0 Å². The molecule has 1 nitrogen and oxygen atoms in total. The Kier molecular flexibility index (Phi) is 6.35. The second kappa shape index (κ2) is 7.54. The van der Waals surface area contributed by atoms with Crippen molar-refractivity contribution < 1.29 is 4.74 Å². The van der Waals surface area contributed by atoms with Crippen LogP contribution < -0.4 is 4.74 Å². The Morgan fingerprint density at radius 3 is 2.76 bits per heavy atom. The van der Waals surface area contributed by atoms with Gasteiger partial charge in [0.25, 0.3) is 0 Å². The van der Waals surface area contributed by atoms with Crippen molar-refractivity contribution in [3.63, 3.8) is 0 Å². The van der Waals surface area contributed by atoms with E-state index in [-0.39, 0.29) is 0 Å². The number of ether oxygens (including phenoxy) is 1. The lowest BCUT2D eigenvalue weighted by molar-refractivity contribution is 0.317. The average Bonchev–Trinajstić information content (AvgIpc) is 2.33. The summed E-state index contributed by atoms with van der Waals surface area (Å²) < 4.78 is 5.63. The van der Waals surface area contributed by atoms with E-state index in [0.717, 1.165) is 24.1 Å². The molecule has 0 bridgehead atoms. The molecule has 0 aliphatic carbocycles. The van der Waals surface area contributed by atoms with Crippen molar-refractivity contribution in [3.8, 4) is 5.75 Å². The summed E-state index contributed by atoms with van der Waals surface area (Å²) in [5.74, 6) is 1.52. The molecule has 0 saturated carbocycles. The van der Waals surface area contributed by atoms with Crippen molar-refractivity contribution in [2.75, 3.05) is 11.9 Å². The first-order valence-corrected chi connectivity index (χ1v) is 7.28. The van der Waals surface area contributed by atoms with E-state index in [0.29, 0.717) is 5.92 Å². The number of halogens is 1. The molecule has 0 saturated heterocycles. The molecule has 0 unspecified atom stereocenters. The van der Waals surface area contributed by atoms with E-state index >= 15 is 0 Å². The van der Waals surface area contributed by atoms with Crippen LogP contribution in [0.2, 0.25) is 0 Å². The third-order valence-electron chi connectivity index (χ3n) is 2.58. The molecule has 2 heteroatoms. The largest absolute Gasteiger partial charge is 0.494 e. The highest BCUT2D eigenvalue weighted by Crippen LogP contribution is 2.20. The Balaban J connectivity index is 2.83. The van der Waals surface area contributed by atoms with E-state index in [1.54, 1.807) is 0 Å². The van der Waals surface area contributed by atoms with Crippen molar-refractivity contribution >= 4 is 22.0 Å². The Bertz CT molecular complexity index is 369. The molecule has 0 aromatic heterocycles. The molecular weight excluding hydrogens is 276 g/mol. The van der Waals surface area contributed by atoms with Gasteiger partial charge in [0.15, 0.2) is 0 Å². The maximum absolute atomic E-state index is 5.63. The van der Waals surface area contributed by atoms with E-state index in [1.807, 2.05) is 12.1 Å². The van der Waals surface area contributed by atoms with Gasteiger partial charge in [0.1, 0.15) is 5.75 Å². The standard InChI is InChI=1S/C15H21BrO/c1-4-8-17-15-7-5-6-13(10-15)9-14(11-16)12(2)3/h5-7,9-10,12H,4,8,11H2,1-3H3. The third-order valence-corrected chi connectivity index (χ3v) is 3.23. The molecule has 0 amide bonds. The van der Waals surface area contributed by atoms with Gasteiger partial charge in [-0.25, -0.2) is 0 Å². The second-order valence-corrected chi connectivity index (χ2v) is 4.99. The fraction of sp³-hybridized carbons (Fsp3) is 0.467. The normalized spacial score (nSPS) is 11.9. The molecule has 1 rings (SSSR count). The Morgan fingerprint density at radius 2 is 2.18 bits per heavy atom. The molecule has 0 spiro atoms. The minimum Gasteiger partial charge on any atom is -0.494 e. The molecule has 0 aliphatic rings. The Hall–Kier alpha value is -0.760. The summed E-state index contributed by atoms with van der Waals surface area (Å²) in [5.41, 5.74) is 2.61. The topological polar surface area (TPSA) is 9.23 Å². The summed E-state index contributed by atoms with van der Waals surface area (Å²) >= 11 is 3.53. The van der Waals surface area contributed by atoms with Gasteiger partial charge in [-0.05, 0) is 30.0 Å². The summed E-state index contributed by atoms with van der Waals surface area (Å²) in [6.45, 7) is 7.32. The van der Waals surface area contributed by atoms with Crippen molar-refractivity contribution in [1.82, 2.24) is 0 Å². The fourth-order valence-corrected chi connectivity index (χ4v) is 2.30. The Labute approximate surface area is 113 Å². The molecule has 0 fully saturated rings. The van der Waals surface area contributed by atoms with Crippen LogP contribution in [0.25, 0.3) is 6.08 Å². The van der Waals surface area contributed by atoms with Crippen LogP contribution in [0.3, 0.4) is 0 Å². The number of hydrogen-bond acceptors (Lipinski definition) is 1. The quantitative estimate of drug-likeness (QED) is 0.678. The second-order valence-electron chi connectivity index (χ2n) is 4.43. The van der Waals surface area contributed by atoms with E-state index in [9.17, 15) is 0 Å². The zero-order valence-electron chi connectivity index (χ0n) is 10.9. The monoisotopic (exact) mass is 296 g/mol. The molecule has 0 aliphatic heterocycles. The Morgan fingerprint density at radius 1 is 1.41 bits per heavy atom. The van der Waals surface area contributed by atoms with Gasteiger partial charge in [0, 0.05) is 5.33 Å². The lowest BCUT2D eigenvalue weighted by Crippen LogP contribution is -1.96. The fourth-order valence-electron chi connectivity index (χ4n) is 1.49. The predicted octanol–water partition coefficient (Wildman–Crippen LogP) is 4.91. The van der Waals surface area contributed by atoms with Crippen LogP contribution in [0.5, 0.6) is 5.75 Å². The van der Waals surface area contributed by atoms with Crippen molar-refractivity contribution in [2.24, 2.45) is 5.92 Å². The third kappa shape index (κ3) is 4.95. The van der Waals surface area contributed by atoms with Crippen LogP contribution in [-0.2, 0) is 0 Å². The van der Waals surface area contributed by atoms with Crippen molar-refractivity contribution in [3.05, 3.63) is 35.4 Å². The molecule has 1 aromatic rings. The highest BCUT2D eigenvalue weighted by molar-refractivity contribution is 9.09. The molecule has 0 N–H and O–H groups in total. The first-order valence-electron chi connectivity index (χ1n) is 6.16. The lowest BCUT2D eigenvalue weighted by Gasteiger charge is -2.09. The van der Waals surface area contributed by atoms with Crippen LogP contribution in [0.15, 0.2) is 29.8 Å². The number of alkyl halides is 1. The maximum atomic E-state index is 5.63. The van der Waals surface area contributed by atoms with Gasteiger partial charge in [0.2, 0.25) is 0 Å². The average molecular weight is 297 g/mol. The number of benzene rings is 1. The van der Waals surface area contributed by atoms with Gasteiger partial charge >= 0.3 is 0 Å². The van der Waals surface area contributed by atoms with Crippen LogP contribution in [0.1, 0.15) is 32.8 Å². The summed E-state index contributed by atoms with van der Waals surface area (Å²) in [4.78, 5) is 0. The highest BCUT2D eigenvalue weighted by atomic mass is 79.9. The first kappa shape index (κ1) is 14.3. The van der Waals surface area contributed by atoms with E-state index in [4.69, 9.17) is 4.74 Å². The summed E-state index contributed by atoms with van der Waals surface area (Å²) in [6.07, 6.45) is 3.27. The number of rotatable bonds is 6. The summed E-state index contributed by atoms with van der Waals surface area (Å²) in [7, 11) is 0. The molecule has 0 heterocycles. The van der Waals surface area contributed by atoms with Crippen molar-refractivity contribution in [2.45, 2.75) is 27.2 Å². The van der Waals surface area contributed by atoms with E-state index in [2.05, 4.69) is 54.9 Å². The predicted molar refractivity (Wildman–Crippen MR) is 78.8 cm³/mol. The first-order chi connectivity index (χ1) is 8.17. The van der Waals surface area contributed by atoms with Crippen LogP contribution in [0.4, 0.5) is 0 Å². The zero-order valence-corrected chi connectivity index (χ0v) is 12.5. The van der Waals surface area contributed by atoms with Gasteiger partial charge in [0.05, 0.1) is 6.61 Å². The lowest BCUT2D eigenvalue weighted by atomic mass is 10.0. The molecule has 17 heavy (non-hydrogen) atoms. The zero-order chi connectivity index (χ0) is 12.7. The highest BCUT2D eigenvalue weighted by Gasteiger charge is 2.02. The number of hydrogen-bond donors (Lipinski definition) is 0. The molecule has 1 aromatic carbocycles. The SMILES string of the molecule is CCCOc1cccc(C=C(CBr)C(C)C)c1. The van der Waals surface area contributed by atoms with Gasteiger partial charge < -0.3 is 4.74 Å². The minimum atomic E-state index is 0.564. The smallest absolute Gasteiger partial charge is 0.119 e. The number of allylic oxidation sites excluding steroid dienone is 1. The maximum Gasteiger partial charge on any atom is 0.119 e. The summed E-state index contributed by atoms with van der Waals surface area (Å²) in [6, 6.07) is 8.27. The summed E-state index contributed by atoms with van der Waals surface area (Å²) in [5, 5.41) is 0.921. The van der Waals surface area contributed by atoms with Gasteiger partial charge in [-0.2, -0.15) is 0 Å². The van der Waals surface area contributed by atoms with Gasteiger partial charge in [-0.1, -0.05) is 60.5 Å². The van der Waals surface area contributed by atoms with Gasteiger partial charge in [-0.15, -0.1) is 0 Å². The van der Waals surface area contributed by atoms with E-state index in [1.165, 1.54) is 11.1 Å².